The van der Waals surface area contributed by atoms with Crippen LogP contribution in [0.25, 0.3) is 0 Å². The smallest absolute Gasteiger partial charge is 0.303 e. The molecule has 228 valence electrons. The van der Waals surface area contributed by atoms with E-state index in [0.29, 0.717) is 18.4 Å². The number of carbonyl (C=O) groups is 5. The van der Waals surface area contributed by atoms with E-state index in [0.717, 1.165) is 0 Å². The van der Waals surface area contributed by atoms with Crippen LogP contribution in [0.2, 0.25) is 0 Å². The summed E-state index contributed by atoms with van der Waals surface area (Å²) < 4.78 is 30.0. The Morgan fingerprint density at radius 3 is 1.80 bits per heavy atom. The molecule has 1 N–H and O–H groups in total. The molecule has 4 fully saturated rings. The summed E-state index contributed by atoms with van der Waals surface area (Å²) in [6.45, 7) is 16.1. The van der Waals surface area contributed by atoms with Crippen molar-refractivity contribution in [1.82, 2.24) is 0 Å². The van der Waals surface area contributed by atoms with Crippen LogP contribution in [0, 0.1) is 34.0 Å². The quantitative estimate of drug-likeness (QED) is 0.291. The zero-order valence-electron chi connectivity index (χ0n) is 25.1. The van der Waals surface area contributed by atoms with E-state index in [1.165, 1.54) is 34.6 Å². The highest BCUT2D eigenvalue weighted by Crippen LogP contribution is 2.74. The fraction of sp³-hybridized carbons (Fsp3) is 0.767. The summed E-state index contributed by atoms with van der Waals surface area (Å²) in [7, 11) is 0. The Kier molecular flexibility index (Phi) is 7.86. The number of carbonyl (C=O) groups excluding carboxylic acids is 5. The molecule has 4 aliphatic carbocycles. The van der Waals surface area contributed by atoms with E-state index in [2.05, 4.69) is 6.58 Å². The summed E-state index contributed by atoms with van der Waals surface area (Å²) in [5.74, 6) is -4.75. The predicted octanol–water partition coefficient (Wildman–Crippen LogP) is 2.65. The Balaban J connectivity index is 2.13. The van der Waals surface area contributed by atoms with Gasteiger partial charge in [0.2, 0.25) is 0 Å². The van der Waals surface area contributed by atoms with Crippen LogP contribution >= 0.6 is 0 Å². The number of aliphatic hydroxyl groups excluding tert-OH is 1. The first kappa shape index (κ1) is 31.0. The maximum atomic E-state index is 12.7. The Labute approximate surface area is 240 Å². The molecule has 0 aromatic rings. The van der Waals surface area contributed by atoms with Gasteiger partial charge >= 0.3 is 29.8 Å². The van der Waals surface area contributed by atoms with Gasteiger partial charge < -0.3 is 28.8 Å². The summed E-state index contributed by atoms with van der Waals surface area (Å²) >= 11 is 0. The van der Waals surface area contributed by atoms with E-state index in [-0.39, 0.29) is 12.3 Å². The topological polar surface area (TPSA) is 152 Å². The van der Waals surface area contributed by atoms with Crippen LogP contribution in [-0.4, -0.2) is 71.6 Å². The minimum absolute atomic E-state index is 0.0621. The molecule has 1 spiro atoms. The second-order valence-electron chi connectivity index (χ2n) is 13.1. The van der Waals surface area contributed by atoms with Gasteiger partial charge in [0.1, 0.15) is 30.5 Å². The summed E-state index contributed by atoms with van der Waals surface area (Å²) in [4.78, 5) is 63.0. The molecule has 4 aliphatic rings. The van der Waals surface area contributed by atoms with Crippen molar-refractivity contribution >= 4 is 29.8 Å². The number of aliphatic hydroxyl groups is 1. The van der Waals surface area contributed by atoms with Crippen molar-refractivity contribution in [3.8, 4) is 0 Å². The third-order valence-corrected chi connectivity index (χ3v) is 10.2. The Morgan fingerprint density at radius 1 is 0.756 bits per heavy atom. The van der Waals surface area contributed by atoms with Gasteiger partial charge in [0.25, 0.3) is 0 Å². The zero-order chi connectivity index (χ0) is 30.8. The van der Waals surface area contributed by atoms with E-state index in [9.17, 15) is 29.1 Å². The van der Waals surface area contributed by atoms with Gasteiger partial charge in [0.05, 0.1) is 11.5 Å². The highest BCUT2D eigenvalue weighted by Gasteiger charge is 2.80. The second kappa shape index (κ2) is 10.4. The molecule has 41 heavy (non-hydrogen) atoms. The van der Waals surface area contributed by atoms with Gasteiger partial charge in [-0.2, -0.15) is 0 Å². The fourth-order valence-corrected chi connectivity index (χ4v) is 9.29. The molecule has 7 unspecified atom stereocenters. The number of fused-ring (bicyclic) bond motifs is 3. The Hall–Kier alpha value is -2.95. The average molecular weight is 579 g/mol. The summed E-state index contributed by atoms with van der Waals surface area (Å²) in [5.41, 5.74) is -2.77. The third kappa shape index (κ3) is 4.73. The van der Waals surface area contributed by atoms with Gasteiger partial charge in [-0.1, -0.05) is 27.4 Å². The SMILES string of the molecule is C=C1C2CC(OC(C)=O)[C@H]3[C@@](C2)(C1OC(C)=O)C(OC(C)=O)C(OC(C)=O)[C@H]1C(C)(C)C(O)CC(OC(C)=O)[C@]13C. The molecule has 11 nitrogen and oxygen atoms in total. The van der Waals surface area contributed by atoms with Gasteiger partial charge in [0.15, 0.2) is 0 Å². The minimum Gasteiger partial charge on any atom is -0.462 e. The number of hydrogen-bond acceptors (Lipinski definition) is 11. The van der Waals surface area contributed by atoms with Crippen molar-refractivity contribution in [2.24, 2.45) is 34.0 Å². The molecule has 0 aromatic heterocycles. The molecular formula is C30H42O11. The Morgan fingerprint density at radius 2 is 1.29 bits per heavy atom. The maximum absolute atomic E-state index is 12.7. The van der Waals surface area contributed by atoms with Crippen molar-refractivity contribution < 1.29 is 52.8 Å². The molecular weight excluding hydrogens is 536 g/mol. The molecule has 4 saturated carbocycles. The van der Waals surface area contributed by atoms with Gasteiger partial charge in [0, 0.05) is 58.3 Å². The molecule has 4 rings (SSSR count). The molecule has 0 aliphatic heterocycles. The largest absolute Gasteiger partial charge is 0.462 e. The van der Waals surface area contributed by atoms with E-state index in [4.69, 9.17) is 23.7 Å². The summed E-state index contributed by atoms with van der Waals surface area (Å²) in [6, 6.07) is 0. The van der Waals surface area contributed by atoms with Gasteiger partial charge in [-0.3, -0.25) is 24.0 Å². The lowest BCUT2D eigenvalue weighted by Gasteiger charge is -2.70. The van der Waals surface area contributed by atoms with Crippen molar-refractivity contribution in [2.75, 3.05) is 0 Å². The van der Waals surface area contributed by atoms with E-state index >= 15 is 0 Å². The van der Waals surface area contributed by atoms with Crippen molar-refractivity contribution in [1.29, 1.82) is 0 Å². The highest BCUT2D eigenvalue weighted by atomic mass is 16.6. The molecule has 0 aromatic carbocycles. The summed E-state index contributed by atoms with van der Waals surface area (Å²) in [6.07, 6.45) is -5.23. The van der Waals surface area contributed by atoms with Crippen LogP contribution in [-0.2, 0) is 47.7 Å². The lowest BCUT2D eigenvalue weighted by molar-refractivity contribution is -0.325. The molecule has 2 bridgehead atoms. The molecule has 0 radical (unpaired) electrons. The van der Waals surface area contributed by atoms with Gasteiger partial charge in [-0.25, -0.2) is 0 Å². The minimum atomic E-state index is -1.26. The normalized spacial score (nSPS) is 42.2. The van der Waals surface area contributed by atoms with E-state index in [1.807, 2.05) is 20.8 Å². The Bertz CT molecular complexity index is 1160. The molecule has 0 amide bonds. The van der Waals surface area contributed by atoms with Crippen LogP contribution in [0.1, 0.15) is 74.7 Å². The predicted molar refractivity (Wildman–Crippen MR) is 142 cm³/mol. The van der Waals surface area contributed by atoms with Crippen molar-refractivity contribution in [2.45, 2.75) is 111 Å². The molecule has 0 saturated heterocycles. The van der Waals surface area contributed by atoms with Crippen LogP contribution < -0.4 is 0 Å². The first-order valence-electron chi connectivity index (χ1n) is 14.1. The first-order chi connectivity index (χ1) is 18.9. The van der Waals surface area contributed by atoms with Gasteiger partial charge in [-0.15, -0.1) is 0 Å². The van der Waals surface area contributed by atoms with E-state index in [1.54, 1.807) is 0 Å². The lowest BCUT2D eigenvalue weighted by Crippen LogP contribution is -2.77. The standard InChI is InChI=1S/C30H42O11/c1-13-19-10-20(37-14(2)31)24-29(9)22(38-15(3)32)11-21(36)28(7,8)25(29)23(39-16(4)33)27(41-18(6)35)30(24,12-19)26(13)40-17(5)34/h19-27,36H,1,10-12H2,2-9H3/t19?,20?,21?,22?,23?,24-,25+,26?,27?,29+,30+/m1/s1. The van der Waals surface area contributed by atoms with Crippen LogP contribution in [0.15, 0.2) is 12.2 Å². The highest BCUT2D eigenvalue weighted by molar-refractivity contribution is 5.69. The zero-order valence-corrected chi connectivity index (χ0v) is 25.1. The second-order valence-corrected chi connectivity index (χ2v) is 13.1. The molecule has 11 atom stereocenters. The van der Waals surface area contributed by atoms with Crippen LogP contribution in [0.5, 0.6) is 0 Å². The molecule has 11 heteroatoms. The van der Waals surface area contributed by atoms with Gasteiger partial charge in [-0.05, 0) is 29.7 Å². The average Bonchev–Trinajstić information content (AvgIpc) is 3.00. The van der Waals surface area contributed by atoms with Crippen molar-refractivity contribution in [3.05, 3.63) is 12.2 Å². The lowest BCUT2D eigenvalue weighted by atomic mass is 9.37. The maximum Gasteiger partial charge on any atom is 0.303 e. The van der Waals surface area contributed by atoms with Crippen molar-refractivity contribution in [3.63, 3.8) is 0 Å². The van der Waals surface area contributed by atoms with E-state index < -0.39 is 94.6 Å². The number of ether oxygens (including phenoxy) is 5. The summed E-state index contributed by atoms with van der Waals surface area (Å²) in [5, 5.41) is 11.4. The first-order valence-corrected chi connectivity index (χ1v) is 14.1. The monoisotopic (exact) mass is 578 g/mol. The fourth-order valence-electron chi connectivity index (χ4n) is 9.29. The third-order valence-electron chi connectivity index (χ3n) is 10.2. The molecule has 0 heterocycles. The van der Waals surface area contributed by atoms with Crippen LogP contribution in [0.3, 0.4) is 0 Å². The number of hydrogen-bond donors (Lipinski definition) is 1. The van der Waals surface area contributed by atoms with Crippen LogP contribution in [0.4, 0.5) is 0 Å². The number of esters is 5. The number of rotatable bonds is 5.